The number of likely N-dealkylation sites (tertiary alicyclic amines) is 1. The molecule has 8 heteroatoms. The standard InChI is InChI=1S/C17H22N4O4/c1-17(2,3)25-16(24)20-7-6-11(9-20)10-21-14-8-12(15(22)23)4-5-13(14)18-19-21/h4-5,8,11H,6-7,9-10H2,1-3H3,(H,22,23). The van der Waals surface area contributed by atoms with Crippen molar-refractivity contribution >= 4 is 23.1 Å². The number of carboxylic acids is 1. The second-order valence-corrected chi connectivity index (χ2v) is 7.36. The maximum atomic E-state index is 12.1. The van der Waals surface area contributed by atoms with E-state index in [1.165, 1.54) is 6.07 Å². The average Bonchev–Trinajstić information content (AvgIpc) is 3.13. The molecule has 1 unspecified atom stereocenters. The topological polar surface area (TPSA) is 97.5 Å². The quantitative estimate of drug-likeness (QED) is 0.916. The third kappa shape index (κ3) is 3.89. The van der Waals surface area contributed by atoms with E-state index in [2.05, 4.69) is 10.3 Å². The highest BCUT2D eigenvalue weighted by Gasteiger charge is 2.30. The molecule has 0 saturated carbocycles. The molecule has 1 atom stereocenters. The van der Waals surface area contributed by atoms with E-state index in [1.807, 2.05) is 20.8 Å². The van der Waals surface area contributed by atoms with Crippen molar-refractivity contribution in [3.63, 3.8) is 0 Å². The van der Waals surface area contributed by atoms with Gasteiger partial charge in [-0.15, -0.1) is 5.10 Å². The summed E-state index contributed by atoms with van der Waals surface area (Å²) in [7, 11) is 0. The van der Waals surface area contributed by atoms with Gasteiger partial charge in [0.25, 0.3) is 0 Å². The van der Waals surface area contributed by atoms with Crippen LogP contribution in [0.25, 0.3) is 11.0 Å². The highest BCUT2D eigenvalue weighted by molar-refractivity contribution is 5.92. The van der Waals surface area contributed by atoms with E-state index < -0.39 is 11.6 Å². The van der Waals surface area contributed by atoms with Gasteiger partial charge in [-0.3, -0.25) is 0 Å². The van der Waals surface area contributed by atoms with Crippen molar-refractivity contribution in [2.75, 3.05) is 13.1 Å². The minimum absolute atomic E-state index is 0.206. The summed E-state index contributed by atoms with van der Waals surface area (Å²) >= 11 is 0. The molecule has 0 radical (unpaired) electrons. The van der Waals surface area contributed by atoms with Gasteiger partial charge < -0.3 is 14.7 Å². The van der Waals surface area contributed by atoms with Gasteiger partial charge in [0.15, 0.2) is 0 Å². The van der Waals surface area contributed by atoms with E-state index >= 15 is 0 Å². The molecule has 1 aliphatic rings. The van der Waals surface area contributed by atoms with E-state index in [0.717, 1.165) is 6.42 Å². The largest absolute Gasteiger partial charge is 0.478 e. The van der Waals surface area contributed by atoms with Gasteiger partial charge in [0, 0.05) is 19.6 Å². The fraction of sp³-hybridized carbons (Fsp3) is 0.529. The smallest absolute Gasteiger partial charge is 0.410 e. The van der Waals surface area contributed by atoms with Crippen molar-refractivity contribution in [2.24, 2.45) is 5.92 Å². The highest BCUT2D eigenvalue weighted by Crippen LogP contribution is 2.22. The van der Waals surface area contributed by atoms with Gasteiger partial charge >= 0.3 is 12.1 Å². The Morgan fingerprint density at radius 3 is 2.80 bits per heavy atom. The number of rotatable bonds is 3. The maximum absolute atomic E-state index is 12.1. The number of ether oxygens (including phenoxy) is 1. The summed E-state index contributed by atoms with van der Waals surface area (Å²) in [6.07, 6.45) is 0.547. The lowest BCUT2D eigenvalue weighted by molar-refractivity contribution is 0.0286. The third-order valence-corrected chi connectivity index (χ3v) is 4.13. The van der Waals surface area contributed by atoms with Crippen molar-refractivity contribution in [3.05, 3.63) is 23.8 Å². The molecule has 0 spiro atoms. The molecule has 1 amide bonds. The van der Waals surface area contributed by atoms with Crippen LogP contribution in [-0.2, 0) is 11.3 Å². The summed E-state index contributed by atoms with van der Waals surface area (Å²) in [6.45, 7) is 7.36. The van der Waals surface area contributed by atoms with Gasteiger partial charge in [0.1, 0.15) is 11.1 Å². The zero-order valence-electron chi connectivity index (χ0n) is 14.6. The summed E-state index contributed by atoms with van der Waals surface area (Å²) < 4.78 is 7.12. The number of carbonyl (C=O) groups excluding carboxylic acids is 1. The molecular weight excluding hydrogens is 324 g/mol. The third-order valence-electron chi connectivity index (χ3n) is 4.13. The molecule has 1 N–H and O–H groups in total. The number of nitrogens with zero attached hydrogens (tertiary/aromatic N) is 4. The summed E-state index contributed by atoms with van der Waals surface area (Å²) in [6, 6.07) is 4.76. The van der Waals surface area contributed by atoms with Crippen molar-refractivity contribution < 1.29 is 19.4 Å². The number of fused-ring (bicyclic) bond motifs is 1. The molecule has 2 aromatic rings. The van der Waals surface area contributed by atoms with E-state index in [0.29, 0.717) is 30.7 Å². The Kier molecular flexibility index (Phi) is 4.36. The van der Waals surface area contributed by atoms with Crippen LogP contribution in [0.15, 0.2) is 18.2 Å². The van der Waals surface area contributed by atoms with Gasteiger partial charge in [0.2, 0.25) is 0 Å². The number of carboxylic acid groups (broad SMARTS) is 1. The van der Waals surface area contributed by atoms with E-state index in [4.69, 9.17) is 9.84 Å². The number of carbonyl (C=O) groups is 2. The van der Waals surface area contributed by atoms with E-state index in [9.17, 15) is 9.59 Å². The van der Waals surface area contributed by atoms with E-state index in [-0.39, 0.29) is 17.6 Å². The minimum atomic E-state index is -0.980. The Hall–Kier alpha value is -2.64. The van der Waals surface area contributed by atoms with Crippen LogP contribution in [0.3, 0.4) is 0 Å². The molecule has 1 aromatic heterocycles. The number of hydrogen-bond donors (Lipinski definition) is 1. The predicted molar refractivity (Wildman–Crippen MR) is 90.4 cm³/mol. The van der Waals surface area contributed by atoms with Crippen LogP contribution in [0.2, 0.25) is 0 Å². The van der Waals surface area contributed by atoms with Gasteiger partial charge in [-0.1, -0.05) is 5.21 Å². The number of amides is 1. The lowest BCUT2D eigenvalue weighted by atomic mass is 10.1. The molecule has 2 heterocycles. The molecule has 134 valence electrons. The van der Waals surface area contributed by atoms with Crippen molar-refractivity contribution in [2.45, 2.75) is 39.3 Å². The highest BCUT2D eigenvalue weighted by atomic mass is 16.6. The first kappa shape index (κ1) is 17.2. The van der Waals surface area contributed by atoms with Crippen LogP contribution in [0.1, 0.15) is 37.6 Å². The summed E-state index contributed by atoms with van der Waals surface area (Å²) in [4.78, 5) is 25.0. The van der Waals surface area contributed by atoms with Gasteiger partial charge in [-0.2, -0.15) is 0 Å². The number of benzene rings is 1. The fourth-order valence-electron chi connectivity index (χ4n) is 2.95. The lowest BCUT2D eigenvalue weighted by Gasteiger charge is -2.24. The van der Waals surface area contributed by atoms with Gasteiger partial charge in [-0.25, -0.2) is 14.3 Å². The maximum Gasteiger partial charge on any atom is 0.410 e. The van der Waals surface area contributed by atoms with Crippen LogP contribution >= 0.6 is 0 Å². The molecule has 1 aromatic carbocycles. The van der Waals surface area contributed by atoms with Crippen LogP contribution in [0.4, 0.5) is 4.79 Å². The SMILES string of the molecule is CC(C)(C)OC(=O)N1CCC(Cn2nnc3ccc(C(=O)O)cc32)C1. The Morgan fingerprint density at radius 2 is 2.12 bits per heavy atom. The first-order valence-corrected chi connectivity index (χ1v) is 8.27. The number of aromatic nitrogens is 3. The zero-order chi connectivity index (χ0) is 18.2. The zero-order valence-corrected chi connectivity index (χ0v) is 14.6. The molecule has 0 aliphatic carbocycles. The van der Waals surface area contributed by atoms with Crippen LogP contribution < -0.4 is 0 Å². The van der Waals surface area contributed by atoms with Gasteiger partial charge in [0.05, 0.1) is 11.1 Å². The van der Waals surface area contributed by atoms with Crippen molar-refractivity contribution in [3.8, 4) is 0 Å². The van der Waals surface area contributed by atoms with Gasteiger partial charge in [-0.05, 0) is 51.3 Å². The number of hydrogen-bond acceptors (Lipinski definition) is 5. The molecular formula is C17H22N4O4. The summed E-state index contributed by atoms with van der Waals surface area (Å²) in [5.41, 5.74) is 1.05. The summed E-state index contributed by atoms with van der Waals surface area (Å²) in [5, 5.41) is 17.3. The normalized spacial score (nSPS) is 17.9. The molecule has 1 fully saturated rings. The van der Waals surface area contributed by atoms with Crippen molar-refractivity contribution in [1.82, 2.24) is 19.9 Å². The Morgan fingerprint density at radius 1 is 1.36 bits per heavy atom. The fourth-order valence-corrected chi connectivity index (χ4v) is 2.95. The first-order chi connectivity index (χ1) is 11.7. The lowest BCUT2D eigenvalue weighted by Crippen LogP contribution is -2.35. The van der Waals surface area contributed by atoms with Crippen LogP contribution in [0.5, 0.6) is 0 Å². The second-order valence-electron chi connectivity index (χ2n) is 7.36. The Labute approximate surface area is 145 Å². The molecule has 0 bridgehead atoms. The molecule has 8 nitrogen and oxygen atoms in total. The van der Waals surface area contributed by atoms with Crippen LogP contribution in [0, 0.1) is 5.92 Å². The Bertz CT molecular complexity index is 809. The minimum Gasteiger partial charge on any atom is -0.478 e. The van der Waals surface area contributed by atoms with Crippen LogP contribution in [-0.4, -0.2) is 55.8 Å². The molecule has 1 aliphatic heterocycles. The molecule has 25 heavy (non-hydrogen) atoms. The average molecular weight is 346 g/mol. The Balaban J connectivity index is 1.69. The predicted octanol–water partition coefficient (Wildman–Crippen LogP) is 2.39. The van der Waals surface area contributed by atoms with Crippen molar-refractivity contribution in [1.29, 1.82) is 0 Å². The summed E-state index contributed by atoms with van der Waals surface area (Å²) in [5.74, 6) is -0.752. The molecule has 3 rings (SSSR count). The van der Waals surface area contributed by atoms with E-state index in [1.54, 1.807) is 21.7 Å². The number of aromatic carboxylic acids is 1. The molecule has 1 saturated heterocycles. The second kappa shape index (κ2) is 6.34. The first-order valence-electron chi connectivity index (χ1n) is 8.27. The monoisotopic (exact) mass is 346 g/mol.